The number of halogens is 1. The average Bonchev–Trinajstić information content (AvgIpc) is 2.52. The molecule has 6 nitrogen and oxygen atoms in total. The first kappa shape index (κ1) is 19.3. The van der Waals surface area contributed by atoms with Crippen LogP contribution in [-0.2, 0) is 0 Å². The predicted molar refractivity (Wildman–Crippen MR) is 110 cm³/mol. The number of nitro groups is 1. The molecule has 0 fully saturated rings. The van der Waals surface area contributed by atoms with Gasteiger partial charge in [0.25, 0.3) is 11.6 Å². The molecule has 0 saturated carbocycles. The van der Waals surface area contributed by atoms with Gasteiger partial charge < -0.3 is 5.32 Å². The van der Waals surface area contributed by atoms with Crippen molar-refractivity contribution in [1.82, 2.24) is 5.32 Å². The van der Waals surface area contributed by atoms with Crippen LogP contribution in [0.5, 0.6) is 0 Å². The van der Waals surface area contributed by atoms with Crippen molar-refractivity contribution in [2.75, 3.05) is 5.32 Å². The molecule has 130 valence electrons. The number of hydrogen-bond acceptors (Lipinski definition) is 4. The topological polar surface area (TPSA) is 84.3 Å². The Morgan fingerprint density at radius 1 is 1.20 bits per heavy atom. The molecule has 0 radical (unpaired) electrons. The molecule has 0 saturated heterocycles. The molecule has 0 aliphatic carbocycles. The number of anilines is 1. The number of carbonyl (C=O) groups excluding carboxylic acids is 1. The number of benzene rings is 2. The Kier molecular flexibility index (Phi) is 6.07. The summed E-state index contributed by atoms with van der Waals surface area (Å²) in [7, 11) is 0. The lowest BCUT2D eigenvalue weighted by molar-refractivity contribution is -0.385. The third kappa shape index (κ3) is 4.51. The van der Waals surface area contributed by atoms with Gasteiger partial charge in [-0.25, -0.2) is 0 Å². The van der Waals surface area contributed by atoms with E-state index in [1.807, 2.05) is 26.0 Å². The maximum absolute atomic E-state index is 12.4. The zero-order chi connectivity index (χ0) is 18.7. The fourth-order valence-corrected chi connectivity index (χ4v) is 2.94. The standard InChI is InChI=1S/C17H16IN3O3S/c1-9-7-12(8-10(2)15(9)18)19-17(25)20-16(22)13-5-4-6-14(11(13)3)21(23)24/h4-8H,1-3H3,(H2,19,20,22,25). The van der Waals surface area contributed by atoms with Crippen molar-refractivity contribution >= 4 is 57.2 Å². The quantitative estimate of drug-likeness (QED) is 0.304. The van der Waals surface area contributed by atoms with Crippen molar-refractivity contribution in [1.29, 1.82) is 0 Å². The van der Waals surface area contributed by atoms with Crippen LogP contribution in [-0.4, -0.2) is 15.9 Å². The highest BCUT2D eigenvalue weighted by molar-refractivity contribution is 14.1. The Morgan fingerprint density at radius 2 is 1.80 bits per heavy atom. The predicted octanol–water partition coefficient (Wildman–Crippen LogP) is 4.25. The summed E-state index contributed by atoms with van der Waals surface area (Å²) in [6, 6.07) is 8.24. The lowest BCUT2D eigenvalue weighted by Crippen LogP contribution is -2.34. The molecule has 2 aromatic carbocycles. The summed E-state index contributed by atoms with van der Waals surface area (Å²) in [4.78, 5) is 22.8. The Morgan fingerprint density at radius 3 is 2.36 bits per heavy atom. The van der Waals surface area contributed by atoms with E-state index in [0.29, 0.717) is 5.56 Å². The average molecular weight is 469 g/mol. The molecule has 1 amide bonds. The van der Waals surface area contributed by atoms with Gasteiger partial charge in [-0.3, -0.25) is 20.2 Å². The molecular weight excluding hydrogens is 453 g/mol. The van der Waals surface area contributed by atoms with Gasteiger partial charge in [-0.15, -0.1) is 0 Å². The normalized spacial score (nSPS) is 10.2. The highest BCUT2D eigenvalue weighted by Crippen LogP contribution is 2.22. The van der Waals surface area contributed by atoms with Crippen LogP contribution in [0.3, 0.4) is 0 Å². The van der Waals surface area contributed by atoms with Crippen LogP contribution in [0, 0.1) is 34.5 Å². The number of aryl methyl sites for hydroxylation is 2. The highest BCUT2D eigenvalue weighted by Gasteiger charge is 2.18. The second-order valence-corrected chi connectivity index (χ2v) is 7.03. The van der Waals surface area contributed by atoms with Gasteiger partial charge in [-0.1, -0.05) is 6.07 Å². The van der Waals surface area contributed by atoms with Crippen LogP contribution >= 0.6 is 34.8 Å². The van der Waals surface area contributed by atoms with Crippen molar-refractivity contribution in [3.05, 3.63) is 66.3 Å². The molecule has 0 unspecified atom stereocenters. The molecule has 8 heteroatoms. The number of rotatable bonds is 3. The number of amides is 1. The van der Waals surface area contributed by atoms with Gasteiger partial charge in [-0.05, 0) is 84.9 Å². The summed E-state index contributed by atoms with van der Waals surface area (Å²) >= 11 is 7.45. The van der Waals surface area contributed by atoms with Crippen molar-refractivity contribution in [3.8, 4) is 0 Å². The molecule has 25 heavy (non-hydrogen) atoms. The zero-order valence-electron chi connectivity index (χ0n) is 13.8. The lowest BCUT2D eigenvalue weighted by Gasteiger charge is -2.13. The second-order valence-electron chi connectivity index (χ2n) is 5.54. The van der Waals surface area contributed by atoms with Crippen LogP contribution in [0.2, 0.25) is 0 Å². The third-order valence-corrected chi connectivity index (χ3v) is 5.57. The van der Waals surface area contributed by atoms with Crippen molar-refractivity contribution in [3.63, 3.8) is 0 Å². The number of nitrogens with one attached hydrogen (secondary N) is 2. The van der Waals surface area contributed by atoms with E-state index in [4.69, 9.17) is 12.2 Å². The van der Waals surface area contributed by atoms with Crippen molar-refractivity contribution in [2.45, 2.75) is 20.8 Å². The van der Waals surface area contributed by atoms with Crippen molar-refractivity contribution in [2.24, 2.45) is 0 Å². The molecule has 0 spiro atoms. The Balaban J connectivity index is 2.15. The minimum atomic E-state index is -0.514. The van der Waals surface area contributed by atoms with Gasteiger partial charge >= 0.3 is 0 Å². The van der Waals surface area contributed by atoms with E-state index >= 15 is 0 Å². The van der Waals surface area contributed by atoms with Crippen LogP contribution in [0.4, 0.5) is 11.4 Å². The minimum Gasteiger partial charge on any atom is -0.332 e. The fourth-order valence-electron chi connectivity index (χ4n) is 2.42. The van der Waals surface area contributed by atoms with Gasteiger partial charge in [0, 0.05) is 26.5 Å². The Bertz CT molecular complexity index is 860. The maximum Gasteiger partial charge on any atom is 0.273 e. The molecule has 2 rings (SSSR count). The first-order chi connectivity index (χ1) is 11.7. The number of nitrogens with zero attached hydrogens (tertiary/aromatic N) is 1. The van der Waals surface area contributed by atoms with Crippen LogP contribution in [0.25, 0.3) is 0 Å². The van der Waals surface area contributed by atoms with E-state index in [-0.39, 0.29) is 16.4 Å². The summed E-state index contributed by atoms with van der Waals surface area (Å²) in [6.07, 6.45) is 0. The van der Waals surface area contributed by atoms with Crippen LogP contribution in [0.15, 0.2) is 30.3 Å². The Hall–Kier alpha value is -2.07. The summed E-state index contributed by atoms with van der Waals surface area (Å²) < 4.78 is 1.17. The SMILES string of the molecule is Cc1cc(NC(=S)NC(=O)c2cccc([N+](=O)[O-])c2C)cc(C)c1I. The number of nitro benzene ring substituents is 1. The Labute approximate surface area is 164 Å². The first-order valence-corrected chi connectivity index (χ1v) is 8.82. The first-order valence-electron chi connectivity index (χ1n) is 7.33. The molecule has 0 atom stereocenters. The number of carbonyl (C=O) groups is 1. The van der Waals surface area contributed by atoms with Gasteiger partial charge in [0.2, 0.25) is 0 Å². The summed E-state index contributed by atoms with van der Waals surface area (Å²) in [5, 5.41) is 16.7. The monoisotopic (exact) mass is 469 g/mol. The van der Waals surface area contributed by atoms with Gasteiger partial charge in [0.15, 0.2) is 5.11 Å². The van der Waals surface area contributed by atoms with Crippen LogP contribution in [0.1, 0.15) is 27.0 Å². The molecule has 2 N–H and O–H groups in total. The van der Waals surface area contributed by atoms with Crippen LogP contribution < -0.4 is 10.6 Å². The van der Waals surface area contributed by atoms with E-state index in [0.717, 1.165) is 16.8 Å². The largest absolute Gasteiger partial charge is 0.332 e. The third-order valence-electron chi connectivity index (χ3n) is 3.67. The van der Waals surface area contributed by atoms with E-state index in [2.05, 4.69) is 33.2 Å². The summed E-state index contributed by atoms with van der Waals surface area (Å²) in [5.41, 5.74) is 3.40. The summed E-state index contributed by atoms with van der Waals surface area (Å²) in [5.74, 6) is -0.488. The summed E-state index contributed by atoms with van der Waals surface area (Å²) in [6.45, 7) is 5.53. The van der Waals surface area contributed by atoms with Gasteiger partial charge in [0.1, 0.15) is 0 Å². The molecular formula is C17H16IN3O3S. The molecule has 0 bridgehead atoms. The van der Waals surface area contributed by atoms with E-state index < -0.39 is 10.8 Å². The van der Waals surface area contributed by atoms with Crippen molar-refractivity contribution < 1.29 is 9.72 Å². The van der Waals surface area contributed by atoms with E-state index in [9.17, 15) is 14.9 Å². The van der Waals surface area contributed by atoms with Gasteiger partial charge in [-0.2, -0.15) is 0 Å². The molecule has 0 aliphatic rings. The van der Waals surface area contributed by atoms with Gasteiger partial charge in [0.05, 0.1) is 4.92 Å². The molecule has 0 heterocycles. The molecule has 2 aromatic rings. The van der Waals surface area contributed by atoms with E-state index in [1.54, 1.807) is 0 Å². The molecule has 0 aliphatic heterocycles. The number of hydrogen-bond donors (Lipinski definition) is 2. The minimum absolute atomic E-state index is 0.101. The maximum atomic E-state index is 12.4. The lowest BCUT2D eigenvalue weighted by atomic mass is 10.1. The highest BCUT2D eigenvalue weighted by atomic mass is 127. The fraction of sp³-hybridized carbons (Fsp3) is 0.176. The van der Waals surface area contributed by atoms with E-state index in [1.165, 1.54) is 28.7 Å². The second kappa shape index (κ2) is 7.87. The zero-order valence-corrected chi connectivity index (χ0v) is 16.8. The smallest absolute Gasteiger partial charge is 0.273 e. The number of thiocarbonyl (C=S) groups is 1. The molecule has 0 aromatic heterocycles.